The van der Waals surface area contributed by atoms with Gasteiger partial charge in [-0.1, -0.05) is 25.6 Å². The van der Waals surface area contributed by atoms with Crippen molar-refractivity contribution >= 4 is 16.9 Å². The molecule has 0 aromatic carbocycles. The minimum Gasteiger partial charge on any atom is -0.382 e. The van der Waals surface area contributed by atoms with Gasteiger partial charge in [0.05, 0.1) is 26.4 Å². The van der Waals surface area contributed by atoms with Crippen molar-refractivity contribution in [1.29, 1.82) is 0 Å². The second-order valence-corrected chi connectivity index (χ2v) is 5.84. The zero-order valence-corrected chi connectivity index (χ0v) is 11.9. The van der Waals surface area contributed by atoms with Gasteiger partial charge < -0.3 is 14.8 Å². The van der Waals surface area contributed by atoms with E-state index in [1.165, 1.54) is 6.42 Å². The molecular formula is C12H24N2O2S. The van der Waals surface area contributed by atoms with E-state index in [1.807, 2.05) is 11.8 Å². The number of hydrogen-bond acceptors (Lipinski definition) is 5. The zero-order chi connectivity index (χ0) is 12.5. The molecule has 0 radical (unpaired) electrons. The molecule has 0 amide bonds. The monoisotopic (exact) mass is 260 g/mol. The van der Waals surface area contributed by atoms with Gasteiger partial charge in [-0.2, -0.15) is 0 Å². The second kappa shape index (κ2) is 8.78. The Labute approximate surface area is 109 Å². The first-order chi connectivity index (χ1) is 8.22. The summed E-state index contributed by atoms with van der Waals surface area (Å²) in [7, 11) is 1.68. The van der Waals surface area contributed by atoms with Crippen LogP contribution in [0, 0.1) is 5.92 Å². The molecule has 0 fully saturated rings. The molecule has 0 aromatic heterocycles. The number of hydrogen-bond donors (Lipinski definition) is 1. The standard InChI is InChI=1S/C12H24N2O2S/c1-10(2)8-11-9-14-12(17-11)13-4-5-16-7-6-15-3/h10-11H,4-9H2,1-3H3,(H,13,14). The van der Waals surface area contributed by atoms with Crippen LogP contribution in [0.2, 0.25) is 0 Å². The number of nitrogens with zero attached hydrogens (tertiary/aromatic N) is 1. The average Bonchev–Trinajstić information content (AvgIpc) is 2.70. The highest BCUT2D eigenvalue weighted by molar-refractivity contribution is 8.14. The van der Waals surface area contributed by atoms with Crippen LogP contribution in [0.3, 0.4) is 0 Å². The quantitative estimate of drug-likeness (QED) is 0.675. The van der Waals surface area contributed by atoms with Crippen molar-refractivity contribution in [3.63, 3.8) is 0 Å². The number of methoxy groups -OCH3 is 1. The number of thioether (sulfide) groups is 1. The van der Waals surface area contributed by atoms with E-state index in [-0.39, 0.29) is 0 Å². The Morgan fingerprint density at radius 1 is 1.41 bits per heavy atom. The molecular weight excluding hydrogens is 236 g/mol. The lowest BCUT2D eigenvalue weighted by Gasteiger charge is -2.11. The molecule has 0 bridgehead atoms. The summed E-state index contributed by atoms with van der Waals surface area (Å²) in [5, 5.41) is 5.04. The Kier molecular flexibility index (Phi) is 7.64. The predicted octanol–water partition coefficient (Wildman–Crippen LogP) is 1.76. The van der Waals surface area contributed by atoms with Gasteiger partial charge in [0.25, 0.3) is 0 Å². The number of amidine groups is 1. The SMILES string of the molecule is COCCOCCNC1=NCC(CC(C)C)S1. The van der Waals surface area contributed by atoms with E-state index >= 15 is 0 Å². The normalized spacial score (nSPS) is 19.8. The van der Waals surface area contributed by atoms with E-state index < -0.39 is 0 Å². The Morgan fingerprint density at radius 3 is 2.94 bits per heavy atom. The molecule has 1 unspecified atom stereocenters. The Hall–Kier alpha value is -0.260. The van der Waals surface area contributed by atoms with Crippen LogP contribution >= 0.6 is 11.8 Å². The third-order valence-electron chi connectivity index (χ3n) is 2.41. The molecule has 1 aliphatic heterocycles. The first kappa shape index (κ1) is 14.8. The van der Waals surface area contributed by atoms with Crippen molar-refractivity contribution in [2.24, 2.45) is 10.9 Å². The summed E-state index contributed by atoms with van der Waals surface area (Å²) in [6.45, 7) is 8.32. The maximum atomic E-state index is 5.37. The van der Waals surface area contributed by atoms with Crippen LogP contribution in [0.25, 0.3) is 0 Å². The molecule has 4 nitrogen and oxygen atoms in total. The Morgan fingerprint density at radius 2 is 2.24 bits per heavy atom. The molecule has 1 N–H and O–H groups in total. The fourth-order valence-corrected chi connectivity index (χ4v) is 2.92. The number of aliphatic imine (C=N–C) groups is 1. The van der Waals surface area contributed by atoms with Gasteiger partial charge in [0.2, 0.25) is 0 Å². The fraction of sp³-hybridized carbons (Fsp3) is 0.917. The molecule has 0 saturated carbocycles. The van der Waals surface area contributed by atoms with Crippen LogP contribution in [-0.4, -0.2) is 50.4 Å². The van der Waals surface area contributed by atoms with Gasteiger partial charge in [-0.25, -0.2) is 0 Å². The summed E-state index contributed by atoms with van der Waals surface area (Å²) in [6, 6.07) is 0. The Balaban J connectivity index is 1.98. The lowest BCUT2D eigenvalue weighted by molar-refractivity contribution is 0.0734. The first-order valence-electron chi connectivity index (χ1n) is 6.24. The molecule has 0 saturated heterocycles. The van der Waals surface area contributed by atoms with Crippen LogP contribution in [0.5, 0.6) is 0 Å². The van der Waals surface area contributed by atoms with Crippen molar-refractivity contribution in [2.75, 3.05) is 40.0 Å². The summed E-state index contributed by atoms with van der Waals surface area (Å²) < 4.78 is 10.3. The number of ether oxygens (including phenoxy) is 2. The van der Waals surface area contributed by atoms with Gasteiger partial charge in [0.15, 0.2) is 5.17 Å². The first-order valence-corrected chi connectivity index (χ1v) is 7.12. The predicted molar refractivity (Wildman–Crippen MR) is 73.8 cm³/mol. The molecule has 0 spiro atoms. The molecule has 5 heteroatoms. The molecule has 17 heavy (non-hydrogen) atoms. The van der Waals surface area contributed by atoms with E-state index in [2.05, 4.69) is 24.2 Å². The third kappa shape index (κ3) is 6.91. The van der Waals surface area contributed by atoms with Crippen molar-refractivity contribution in [3.05, 3.63) is 0 Å². The second-order valence-electron chi connectivity index (χ2n) is 4.55. The van der Waals surface area contributed by atoms with Gasteiger partial charge in [-0.15, -0.1) is 0 Å². The lowest BCUT2D eigenvalue weighted by atomic mass is 10.1. The van der Waals surface area contributed by atoms with Crippen molar-refractivity contribution in [3.8, 4) is 0 Å². The largest absolute Gasteiger partial charge is 0.382 e. The maximum absolute atomic E-state index is 5.37. The molecule has 0 aliphatic carbocycles. The van der Waals surface area contributed by atoms with Crippen molar-refractivity contribution in [2.45, 2.75) is 25.5 Å². The minimum atomic E-state index is 0.659. The highest BCUT2D eigenvalue weighted by atomic mass is 32.2. The molecule has 0 aromatic rings. The highest BCUT2D eigenvalue weighted by Crippen LogP contribution is 2.25. The maximum Gasteiger partial charge on any atom is 0.157 e. The fourth-order valence-electron chi connectivity index (χ4n) is 1.64. The van der Waals surface area contributed by atoms with Crippen LogP contribution in [0.1, 0.15) is 20.3 Å². The topological polar surface area (TPSA) is 42.9 Å². The van der Waals surface area contributed by atoms with Crippen LogP contribution in [-0.2, 0) is 9.47 Å². The zero-order valence-electron chi connectivity index (χ0n) is 11.1. The van der Waals surface area contributed by atoms with E-state index in [4.69, 9.17) is 9.47 Å². The van der Waals surface area contributed by atoms with Gasteiger partial charge >= 0.3 is 0 Å². The van der Waals surface area contributed by atoms with Gasteiger partial charge in [-0.05, 0) is 12.3 Å². The summed E-state index contributed by atoms with van der Waals surface area (Å²) in [5.74, 6) is 0.749. The Bertz CT molecular complexity index is 235. The summed E-state index contributed by atoms with van der Waals surface area (Å²) >= 11 is 1.87. The molecule has 1 heterocycles. The molecule has 1 rings (SSSR count). The number of nitrogens with one attached hydrogen (secondary N) is 1. The van der Waals surface area contributed by atoms with E-state index in [0.717, 1.165) is 24.2 Å². The lowest BCUT2D eigenvalue weighted by Crippen LogP contribution is -2.24. The summed E-state index contributed by atoms with van der Waals surface area (Å²) in [4.78, 5) is 4.49. The van der Waals surface area contributed by atoms with Crippen LogP contribution in [0.15, 0.2) is 4.99 Å². The van der Waals surface area contributed by atoms with E-state index in [1.54, 1.807) is 7.11 Å². The van der Waals surface area contributed by atoms with Crippen molar-refractivity contribution in [1.82, 2.24) is 5.32 Å². The smallest absolute Gasteiger partial charge is 0.157 e. The average molecular weight is 260 g/mol. The number of rotatable bonds is 8. The molecule has 100 valence electrons. The summed E-state index contributed by atoms with van der Waals surface area (Å²) in [5.41, 5.74) is 0. The van der Waals surface area contributed by atoms with E-state index in [9.17, 15) is 0 Å². The van der Waals surface area contributed by atoms with Crippen molar-refractivity contribution < 1.29 is 9.47 Å². The molecule has 1 atom stereocenters. The summed E-state index contributed by atoms with van der Waals surface area (Å²) in [6.07, 6.45) is 1.24. The molecule has 1 aliphatic rings. The van der Waals surface area contributed by atoms with Crippen LogP contribution in [0.4, 0.5) is 0 Å². The van der Waals surface area contributed by atoms with Crippen LogP contribution < -0.4 is 5.32 Å². The van der Waals surface area contributed by atoms with Gasteiger partial charge in [-0.3, -0.25) is 4.99 Å². The van der Waals surface area contributed by atoms with Gasteiger partial charge in [0, 0.05) is 18.9 Å². The highest BCUT2D eigenvalue weighted by Gasteiger charge is 2.19. The van der Waals surface area contributed by atoms with Gasteiger partial charge in [0.1, 0.15) is 0 Å². The third-order valence-corrected chi connectivity index (χ3v) is 3.58. The minimum absolute atomic E-state index is 0.659. The van der Waals surface area contributed by atoms with E-state index in [0.29, 0.717) is 25.1 Å².